The maximum atomic E-state index is 6.11. The molecule has 0 radical (unpaired) electrons. The standard InChI is InChI=1S/C14H17ClN4/c1-2-5-13-18-12(16)8-14(19-13)17-9-10-6-3-4-7-11(10)15/h3-4,6-8H,2,5,9H2,1H3,(H3,16,17,18,19). The Balaban J connectivity index is 2.09. The lowest BCUT2D eigenvalue weighted by atomic mass is 10.2. The highest BCUT2D eigenvalue weighted by atomic mass is 35.5. The van der Waals surface area contributed by atoms with E-state index in [-0.39, 0.29) is 0 Å². The van der Waals surface area contributed by atoms with Crippen molar-refractivity contribution in [3.63, 3.8) is 0 Å². The van der Waals surface area contributed by atoms with Crippen molar-refractivity contribution in [1.29, 1.82) is 0 Å². The predicted molar refractivity (Wildman–Crippen MR) is 79.2 cm³/mol. The third-order valence-electron chi connectivity index (χ3n) is 2.68. The Kier molecular flexibility index (Phi) is 4.58. The zero-order valence-corrected chi connectivity index (χ0v) is 11.6. The first-order chi connectivity index (χ1) is 9.19. The van der Waals surface area contributed by atoms with Crippen LogP contribution in [0.2, 0.25) is 5.02 Å². The maximum absolute atomic E-state index is 6.11. The van der Waals surface area contributed by atoms with Gasteiger partial charge in [-0.05, 0) is 18.1 Å². The molecule has 0 unspecified atom stereocenters. The van der Waals surface area contributed by atoms with Gasteiger partial charge in [0.2, 0.25) is 0 Å². The third kappa shape index (κ3) is 3.83. The van der Waals surface area contributed by atoms with Crippen LogP contribution in [0.25, 0.3) is 0 Å². The molecule has 0 aliphatic heterocycles. The topological polar surface area (TPSA) is 63.8 Å². The Morgan fingerprint density at radius 2 is 2.05 bits per heavy atom. The maximum Gasteiger partial charge on any atom is 0.133 e. The van der Waals surface area contributed by atoms with Gasteiger partial charge in [-0.3, -0.25) is 0 Å². The van der Waals surface area contributed by atoms with Gasteiger partial charge in [-0.15, -0.1) is 0 Å². The van der Waals surface area contributed by atoms with Crippen LogP contribution in [-0.2, 0) is 13.0 Å². The van der Waals surface area contributed by atoms with Crippen molar-refractivity contribution in [1.82, 2.24) is 9.97 Å². The fraction of sp³-hybridized carbons (Fsp3) is 0.286. The van der Waals surface area contributed by atoms with Crippen molar-refractivity contribution in [2.75, 3.05) is 11.1 Å². The van der Waals surface area contributed by atoms with Crippen LogP contribution in [0.15, 0.2) is 30.3 Å². The van der Waals surface area contributed by atoms with Crippen molar-refractivity contribution in [2.24, 2.45) is 0 Å². The summed E-state index contributed by atoms with van der Waals surface area (Å²) in [6.07, 6.45) is 1.82. The number of hydrogen-bond acceptors (Lipinski definition) is 4. The molecule has 2 rings (SSSR count). The second kappa shape index (κ2) is 6.38. The molecule has 0 bridgehead atoms. The summed E-state index contributed by atoms with van der Waals surface area (Å²) >= 11 is 6.11. The Labute approximate surface area is 118 Å². The van der Waals surface area contributed by atoms with E-state index in [0.717, 1.165) is 35.1 Å². The molecule has 2 aromatic rings. The second-order valence-electron chi connectivity index (χ2n) is 4.29. The van der Waals surface area contributed by atoms with Gasteiger partial charge in [-0.2, -0.15) is 0 Å². The minimum absolute atomic E-state index is 0.486. The van der Waals surface area contributed by atoms with Crippen molar-refractivity contribution >= 4 is 23.2 Å². The number of halogens is 1. The van der Waals surface area contributed by atoms with Crippen molar-refractivity contribution in [2.45, 2.75) is 26.3 Å². The van der Waals surface area contributed by atoms with E-state index in [1.54, 1.807) is 6.07 Å². The summed E-state index contributed by atoms with van der Waals surface area (Å²) in [5, 5.41) is 3.97. The SMILES string of the molecule is CCCc1nc(N)cc(NCc2ccccc2Cl)n1. The molecule has 0 atom stereocenters. The molecule has 0 saturated heterocycles. The number of aryl methyl sites for hydroxylation is 1. The summed E-state index contributed by atoms with van der Waals surface area (Å²) < 4.78 is 0. The van der Waals surface area contributed by atoms with E-state index < -0.39 is 0 Å². The van der Waals surface area contributed by atoms with Crippen LogP contribution in [0.4, 0.5) is 11.6 Å². The van der Waals surface area contributed by atoms with Crippen molar-refractivity contribution in [3.05, 3.63) is 46.7 Å². The lowest BCUT2D eigenvalue weighted by molar-refractivity contribution is 0.836. The highest BCUT2D eigenvalue weighted by Gasteiger charge is 2.03. The van der Waals surface area contributed by atoms with Crippen molar-refractivity contribution in [3.8, 4) is 0 Å². The van der Waals surface area contributed by atoms with E-state index in [1.165, 1.54) is 0 Å². The van der Waals surface area contributed by atoms with Crippen LogP contribution in [0, 0.1) is 0 Å². The van der Waals surface area contributed by atoms with E-state index in [2.05, 4.69) is 22.2 Å². The molecular formula is C14H17ClN4. The normalized spacial score (nSPS) is 10.4. The largest absolute Gasteiger partial charge is 0.384 e. The summed E-state index contributed by atoms with van der Waals surface area (Å²) in [6, 6.07) is 9.45. The average Bonchev–Trinajstić information content (AvgIpc) is 2.37. The van der Waals surface area contributed by atoms with Crippen LogP contribution in [0.3, 0.4) is 0 Å². The number of rotatable bonds is 5. The van der Waals surface area contributed by atoms with E-state index >= 15 is 0 Å². The molecule has 0 fully saturated rings. The van der Waals surface area contributed by atoms with E-state index in [1.807, 2.05) is 24.3 Å². The predicted octanol–water partition coefficient (Wildman–Crippen LogP) is 3.28. The molecule has 0 aliphatic carbocycles. The molecular weight excluding hydrogens is 260 g/mol. The molecule has 0 spiro atoms. The van der Waals surface area contributed by atoms with Crippen LogP contribution in [0.1, 0.15) is 24.7 Å². The van der Waals surface area contributed by atoms with E-state index in [4.69, 9.17) is 17.3 Å². The molecule has 19 heavy (non-hydrogen) atoms. The fourth-order valence-corrected chi connectivity index (χ4v) is 1.97. The number of nitrogens with two attached hydrogens (primary N) is 1. The molecule has 0 amide bonds. The minimum Gasteiger partial charge on any atom is -0.384 e. The van der Waals surface area contributed by atoms with Crippen LogP contribution in [0.5, 0.6) is 0 Å². The molecule has 5 heteroatoms. The lowest BCUT2D eigenvalue weighted by Crippen LogP contribution is -2.06. The number of nitrogens with one attached hydrogen (secondary N) is 1. The first kappa shape index (κ1) is 13.6. The number of benzene rings is 1. The molecule has 3 N–H and O–H groups in total. The smallest absolute Gasteiger partial charge is 0.133 e. The van der Waals surface area contributed by atoms with Crippen molar-refractivity contribution < 1.29 is 0 Å². The average molecular weight is 277 g/mol. The van der Waals surface area contributed by atoms with Gasteiger partial charge in [0.15, 0.2) is 0 Å². The Morgan fingerprint density at radius 3 is 2.79 bits per heavy atom. The summed E-state index contributed by atoms with van der Waals surface area (Å²) in [6.45, 7) is 2.70. The molecule has 1 heterocycles. The van der Waals surface area contributed by atoms with E-state index in [0.29, 0.717) is 12.4 Å². The van der Waals surface area contributed by atoms with Gasteiger partial charge in [-0.1, -0.05) is 36.7 Å². The molecule has 4 nitrogen and oxygen atoms in total. The molecule has 100 valence electrons. The summed E-state index contributed by atoms with van der Waals surface area (Å²) in [7, 11) is 0. The number of anilines is 2. The van der Waals surface area contributed by atoms with E-state index in [9.17, 15) is 0 Å². The van der Waals surface area contributed by atoms with Gasteiger partial charge < -0.3 is 11.1 Å². The van der Waals surface area contributed by atoms with Gasteiger partial charge in [0, 0.05) is 24.1 Å². The first-order valence-electron chi connectivity index (χ1n) is 6.29. The molecule has 1 aromatic carbocycles. The number of nitrogen functional groups attached to an aromatic ring is 1. The Bertz CT molecular complexity index is 557. The lowest BCUT2D eigenvalue weighted by Gasteiger charge is -2.09. The number of hydrogen-bond donors (Lipinski definition) is 2. The minimum atomic E-state index is 0.486. The third-order valence-corrected chi connectivity index (χ3v) is 3.05. The molecule has 0 saturated carbocycles. The van der Waals surface area contributed by atoms with Gasteiger partial charge in [0.25, 0.3) is 0 Å². The molecule has 1 aromatic heterocycles. The monoisotopic (exact) mass is 276 g/mol. The van der Waals surface area contributed by atoms with Crippen LogP contribution < -0.4 is 11.1 Å². The summed E-state index contributed by atoms with van der Waals surface area (Å²) in [5.41, 5.74) is 6.80. The molecule has 0 aliphatic rings. The zero-order valence-electron chi connectivity index (χ0n) is 10.9. The van der Waals surface area contributed by atoms with Crippen LogP contribution >= 0.6 is 11.6 Å². The highest BCUT2D eigenvalue weighted by Crippen LogP contribution is 2.17. The fourth-order valence-electron chi connectivity index (χ4n) is 1.77. The number of aromatic nitrogens is 2. The zero-order chi connectivity index (χ0) is 13.7. The summed E-state index contributed by atoms with van der Waals surface area (Å²) in [5.74, 6) is 1.99. The first-order valence-corrected chi connectivity index (χ1v) is 6.67. The van der Waals surface area contributed by atoms with Crippen LogP contribution in [-0.4, -0.2) is 9.97 Å². The van der Waals surface area contributed by atoms with Gasteiger partial charge in [-0.25, -0.2) is 9.97 Å². The second-order valence-corrected chi connectivity index (χ2v) is 4.70. The van der Waals surface area contributed by atoms with Gasteiger partial charge in [0.1, 0.15) is 17.5 Å². The van der Waals surface area contributed by atoms with Gasteiger partial charge in [0.05, 0.1) is 0 Å². The number of nitrogens with zero attached hydrogens (tertiary/aromatic N) is 2. The highest BCUT2D eigenvalue weighted by molar-refractivity contribution is 6.31. The Morgan fingerprint density at radius 1 is 1.26 bits per heavy atom. The summed E-state index contributed by atoms with van der Waals surface area (Å²) in [4.78, 5) is 8.62. The Hall–Kier alpha value is -1.81. The quantitative estimate of drug-likeness (QED) is 0.880. The van der Waals surface area contributed by atoms with Gasteiger partial charge >= 0.3 is 0 Å².